The second kappa shape index (κ2) is 7.10. The van der Waals surface area contributed by atoms with Crippen molar-refractivity contribution in [3.8, 4) is 0 Å². The molecule has 0 bridgehead atoms. The molecule has 0 aliphatic heterocycles. The summed E-state index contributed by atoms with van der Waals surface area (Å²) in [7, 11) is 0. The standard InChI is InChI=1S/C9H19NO2/c1-3-4-5-6-7-12-9(11)8(2)10/h8H,3-7,10H2,1-2H3. The van der Waals surface area contributed by atoms with Crippen molar-refractivity contribution < 1.29 is 9.53 Å². The van der Waals surface area contributed by atoms with Crippen LogP contribution in [0, 0.1) is 0 Å². The largest absolute Gasteiger partial charge is 0.465 e. The Balaban J connectivity index is 3.14. The summed E-state index contributed by atoms with van der Waals surface area (Å²) in [5.41, 5.74) is 5.30. The number of carbonyl (C=O) groups is 1. The zero-order valence-corrected chi connectivity index (χ0v) is 8.01. The molecular weight excluding hydrogens is 154 g/mol. The van der Waals surface area contributed by atoms with Gasteiger partial charge in [-0.25, -0.2) is 0 Å². The fraction of sp³-hybridized carbons (Fsp3) is 0.889. The molecule has 0 saturated carbocycles. The minimum Gasteiger partial charge on any atom is -0.465 e. The molecule has 0 aliphatic rings. The number of unbranched alkanes of at least 4 members (excludes halogenated alkanes) is 3. The maximum absolute atomic E-state index is 10.8. The molecule has 0 heterocycles. The summed E-state index contributed by atoms with van der Waals surface area (Å²) in [6.07, 6.45) is 4.48. The highest BCUT2D eigenvalue weighted by atomic mass is 16.5. The Morgan fingerprint density at radius 3 is 2.58 bits per heavy atom. The number of ether oxygens (including phenoxy) is 1. The summed E-state index contributed by atoms with van der Waals surface area (Å²) in [5, 5.41) is 0. The molecule has 2 N–H and O–H groups in total. The predicted molar refractivity (Wildman–Crippen MR) is 48.8 cm³/mol. The van der Waals surface area contributed by atoms with Crippen LogP contribution in [0.3, 0.4) is 0 Å². The number of rotatable bonds is 6. The van der Waals surface area contributed by atoms with Crippen molar-refractivity contribution in [2.24, 2.45) is 5.73 Å². The SMILES string of the molecule is CCCCCCOC(=O)C(C)N. The molecule has 0 amide bonds. The highest BCUT2D eigenvalue weighted by Gasteiger charge is 2.07. The average Bonchev–Trinajstić information content (AvgIpc) is 2.03. The first kappa shape index (κ1) is 11.4. The lowest BCUT2D eigenvalue weighted by atomic mass is 10.2. The molecule has 1 atom stereocenters. The molecule has 1 unspecified atom stereocenters. The van der Waals surface area contributed by atoms with Gasteiger partial charge in [0.2, 0.25) is 0 Å². The zero-order valence-electron chi connectivity index (χ0n) is 8.01. The lowest BCUT2D eigenvalue weighted by molar-refractivity contribution is -0.144. The van der Waals surface area contributed by atoms with E-state index in [1.54, 1.807) is 6.92 Å². The van der Waals surface area contributed by atoms with Crippen molar-refractivity contribution >= 4 is 5.97 Å². The van der Waals surface area contributed by atoms with Gasteiger partial charge in [0.05, 0.1) is 6.61 Å². The average molecular weight is 173 g/mol. The topological polar surface area (TPSA) is 52.3 Å². The first-order chi connectivity index (χ1) is 5.68. The monoisotopic (exact) mass is 173 g/mol. The van der Waals surface area contributed by atoms with Crippen molar-refractivity contribution in [1.29, 1.82) is 0 Å². The Morgan fingerprint density at radius 2 is 2.08 bits per heavy atom. The molecule has 0 aromatic carbocycles. The van der Waals surface area contributed by atoms with E-state index in [9.17, 15) is 4.79 Å². The predicted octanol–water partition coefficient (Wildman–Crippen LogP) is 1.46. The van der Waals surface area contributed by atoms with Crippen LogP contribution in [0.4, 0.5) is 0 Å². The van der Waals surface area contributed by atoms with Crippen LogP contribution in [-0.4, -0.2) is 18.6 Å². The van der Waals surface area contributed by atoms with Crippen LogP contribution in [0.2, 0.25) is 0 Å². The van der Waals surface area contributed by atoms with E-state index < -0.39 is 6.04 Å². The fourth-order valence-electron chi connectivity index (χ4n) is 0.833. The van der Waals surface area contributed by atoms with E-state index in [2.05, 4.69) is 6.92 Å². The van der Waals surface area contributed by atoms with Gasteiger partial charge in [0.25, 0.3) is 0 Å². The molecule has 0 saturated heterocycles. The second-order valence-corrected chi connectivity index (χ2v) is 3.02. The maximum atomic E-state index is 10.8. The van der Waals surface area contributed by atoms with Gasteiger partial charge in [-0.3, -0.25) is 4.79 Å². The molecular formula is C9H19NO2. The first-order valence-electron chi connectivity index (χ1n) is 4.60. The van der Waals surface area contributed by atoms with E-state index >= 15 is 0 Å². The van der Waals surface area contributed by atoms with Crippen LogP contribution in [0.25, 0.3) is 0 Å². The summed E-state index contributed by atoms with van der Waals surface area (Å²) in [5.74, 6) is -0.300. The molecule has 72 valence electrons. The van der Waals surface area contributed by atoms with Crippen molar-refractivity contribution in [1.82, 2.24) is 0 Å². The van der Waals surface area contributed by atoms with Gasteiger partial charge < -0.3 is 10.5 Å². The summed E-state index contributed by atoms with van der Waals surface area (Å²) in [6.45, 7) is 4.29. The Labute approximate surface area is 74.3 Å². The van der Waals surface area contributed by atoms with Crippen molar-refractivity contribution in [3.05, 3.63) is 0 Å². The smallest absolute Gasteiger partial charge is 0.322 e. The van der Waals surface area contributed by atoms with E-state index in [-0.39, 0.29) is 5.97 Å². The molecule has 3 nitrogen and oxygen atoms in total. The fourth-order valence-corrected chi connectivity index (χ4v) is 0.833. The summed E-state index contributed by atoms with van der Waals surface area (Å²) in [4.78, 5) is 10.8. The van der Waals surface area contributed by atoms with Gasteiger partial charge in [-0.05, 0) is 13.3 Å². The number of hydrogen-bond donors (Lipinski definition) is 1. The molecule has 0 rings (SSSR count). The van der Waals surface area contributed by atoms with Gasteiger partial charge in [-0.15, -0.1) is 0 Å². The highest BCUT2D eigenvalue weighted by molar-refractivity contribution is 5.74. The Morgan fingerprint density at radius 1 is 1.42 bits per heavy atom. The van der Waals surface area contributed by atoms with E-state index in [0.29, 0.717) is 6.61 Å². The van der Waals surface area contributed by atoms with Gasteiger partial charge in [0.1, 0.15) is 6.04 Å². The first-order valence-corrected chi connectivity index (χ1v) is 4.60. The third-order valence-corrected chi connectivity index (χ3v) is 1.61. The molecule has 0 fully saturated rings. The Kier molecular flexibility index (Phi) is 6.76. The van der Waals surface area contributed by atoms with Gasteiger partial charge in [-0.2, -0.15) is 0 Å². The molecule has 12 heavy (non-hydrogen) atoms. The highest BCUT2D eigenvalue weighted by Crippen LogP contribution is 1.99. The molecule has 0 aromatic rings. The van der Waals surface area contributed by atoms with E-state index in [1.165, 1.54) is 12.8 Å². The number of hydrogen-bond acceptors (Lipinski definition) is 3. The third kappa shape index (κ3) is 6.16. The van der Waals surface area contributed by atoms with Crippen molar-refractivity contribution in [2.45, 2.75) is 45.6 Å². The van der Waals surface area contributed by atoms with Gasteiger partial charge >= 0.3 is 5.97 Å². The Bertz CT molecular complexity index is 124. The van der Waals surface area contributed by atoms with Gasteiger partial charge in [0.15, 0.2) is 0 Å². The second-order valence-electron chi connectivity index (χ2n) is 3.02. The van der Waals surface area contributed by atoms with E-state index in [0.717, 1.165) is 12.8 Å². The Hall–Kier alpha value is -0.570. The van der Waals surface area contributed by atoms with Crippen LogP contribution in [0.5, 0.6) is 0 Å². The molecule has 0 aromatic heterocycles. The van der Waals surface area contributed by atoms with Crippen LogP contribution >= 0.6 is 0 Å². The lowest BCUT2D eigenvalue weighted by Gasteiger charge is -2.06. The van der Waals surface area contributed by atoms with Crippen molar-refractivity contribution in [3.63, 3.8) is 0 Å². The lowest BCUT2D eigenvalue weighted by Crippen LogP contribution is -2.28. The minimum absolute atomic E-state index is 0.300. The van der Waals surface area contributed by atoms with Crippen molar-refractivity contribution in [2.75, 3.05) is 6.61 Å². The van der Waals surface area contributed by atoms with E-state index in [4.69, 9.17) is 10.5 Å². The number of nitrogens with two attached hydrogens (primary N) is 1. The number of carbonyl (C=O) groups excluding carboxylic acids is 1. The quantitative estimate of drug-likeness (QED) is 0.488. The van der Waals surface area contributed by atoms with Gasteiger partial charge in [0, 0.05) is 0 Å². The molecule has 0 spiro atoms. The summed E-state index contributed by atoms with van der Waals surface area (Å²) in [6, 6.07) is -0.490. The van der Waals surface area contributed by atoms with Gasteiger partial charge in [-0.1, -0.05) is 26.2 Å². The normalized spacial score (nSPS) is 12.6. The van der Waals surface area contributed by atoms with Crippen LogP contribution in [0.15, 0.2) is 0 Å². The summed E-state index contributed by atoms with van der Waals surface area (Å²) < 4.78 is 4.89. The van der Waals surface area contributed by atoms with E-state index in [1.807, 2.05) is 0 Å². The minimum atomic E-state index is -0.490. The van der Waals surface area contributed by atoms with Crippen LogP contribution in [0.1, 0.15) is 39.5 Å². The summed E-state index contributed by atoms with van der Waals surface area (Å²) >= 11 is 0. The number of esters is 1. The zero-order chi connectivity index (χ0) is 9.40. The van der Waals surface area contributed by atoms with Crippen LogP contribution in [-0.2, 0) is 9.53 Å². The maximum Gasteiger partial charge on any atom is 0.322 e. The molecule has 0 aliphatic carbocycles. The third-order valence-electron chi connectivity index (χ3n) is 1.61. The molecule has 0 radical (unpaired) electrons. The molecule has 3 heteroatoms. The van der Waals surface area contributed by atoms with Crippen LogP contribution < -0.4 is 5.73 Å².